The van der Waals surface area contributed by atoms with Crippen molar-refractivity contribution in [2.24, 2.45) is 5.10 Å². The second-order valence-corrected chi connectivity index (χ2v) is 2.94. The summed E-state index contributed by atoms with van der Waals surface area (Å²) in [5, 5.41) is 13.6. The molecule has 13 heavy (non-hydrogen) atoms. The van der Waals surface area contributed by atoms with Crippen LogP contribution >= 0.6 is 0 Å². The number of hydrogen-bond acceptors (Lipinski definition) is 3. The Balaban J connectivity index is 3.09. The van der Waals surface area contributed by atoms with Crippen LogP contribution in [0, 0.1) is 6.92 Å². The third-order valence-corrected chi connectivity index (χ3v) is 1.82. The van der Waals surface area contributed by atoms with Crippen molar-refractivity contribution < 1.29 is 5.11 Å². The molecule has 0 unspecified atom stereocenters. The van der Waals surface area contributed by atoms with Gasteiger partial charge in [0.2, 0.25) is 0 Å². The molecule has 0 atom stereocenters. The zero-order valence-corrected chi connectivity index (χ0v) is 8.13. The lowest BCUT2D eigenvalue weighted by atomic mass is 10.1. The Morgan fingerprint density at radius 2 is 2.15 bits per heavy atom. The van der Waals surface area contributed by atoms with Crippen LogP contribution in [0.5, 0.6) is 5.75 Å². The van der Waals surface area contributed by atoms with Crippen molar-refractivity contribution >= 4 is 5.71 Å². The molecular formula is C10H14N2O. The van der Waals surface area contributed by atoms with Gasteiger partial charge in [0.25, 0.3) is 0 Å². The summed E-state index contributed by atoms with van der Waals surface area (Å²) in [6.07, 6.45) is 0. The molecule has 0 aromatic heterocycles. The zero-order chi connectivity index (χ0) is 9.84. The molecule has 0 heterocycles. The van der Waals surface area contributed by atoms with Crippen molar-refractivity contribution in [1.29, 1.82) is 0 Å². The molecule has 0 aliphatic rings. The summed E-state index contributed by atoms with van der Waals surface area (Å²) in [5.41, 5.74) is 5.27. The Hall–Kier alpha value is -1.51. The molecule has 2 N–H and O–H groups in total. The van der Waals surface area contributed by atoms with Crippen LogP contribution in [0.3, 0.4) is 0 Å². The average molecular weight is 178 g/mol. The Labute approximate surface area is 78.1 Å². The van der Waals surface area contributed by atoms with Crippen molar-refractivity contribution in [3.05, 3.63) is 29.3 Å². The van der Waals surface area contributed by atoms with Gasteiger partial charge in [0.15, 0.2) is 0 Å². The Kier molecular flexibility index (Phi) is 2.90. The van der Waals surface area contributed by atoms with Gasteiger partial charge in [-0.2, -0.15) is 5.10 Å². The van der Waals surface area contributed by atoms with Crippen LogP contribution in [0.25, 0.3) is 0 Å². The fourth-order valence-electron chi connectivity index (χ4n) is 1.18. The first kappa shape index (κ1) is 9.58. The van der Waals surface area contributed by atoms with E-state index in [4.69, 9.17) is 0 Å². The number of phenolic OH excluding ortho intramolecular Hbond substituents is 1. The number of aromatic hydroxyl groups is 1. The second kappa shape index (κ2) is 3.94. The van der Waals surface area contributed by atoms with Gasteiger partial charge in [-0.25, -0.2) is 0 Å². The Morgan fingerprint density at radius 3 is 2.69 bits per heavy atom. The molecule has 0 fully saturated rings. The first-order chi connectivity index (χ1) is 6.15. The molecule has 1 aromatic carbocycles. The smallest absolute Gasteiger partial charge is 0.124 e. The second-order valence-electron chi connectivity index (χ2n) is 2.94. The first-order valence-corrected chi connectivity index (χ1v) is 4.16. The summed E-state index contributed by atoms with van der Waals surface area (Å²) in [6.45, 7) is 3.79. The third kappa shape index (κ3) is 2.21. The number of benzene rings is 1. The van der Waals surface area contributed by atoms with E-state index in [1.165, 1.54) is 0 Å². The molecule has 3 heteroatoms. The molecular weight excluding hydrogens is 164 g/mol. The SMILES string of the molecule is CN/N=C(/C)c1ccc(C)cc1O. The van der Waals surface area contributed by atoms with Crippen LogP contribution in [0.2, 0.25) is 0 Å². The average Bonchev–Trinajstić information content (AvgIpc) is 2.04. The maximum absolute atomic E-state index is 9.58. The molecule has 1 aromatic rings. The number of hydrogen-bond donors (Lipinski definition) is 2. The summed E-state index contributed by atoms with van der Waals surface area (Å²) in [6, 6.07) is 5.54. The van der Waals surface area contributed by atoms with E-state index in [2.05, 4.69) is 10.5 Å². The minimum Gasteiger partial charge on any atom is -0.507 e. The zero-order valence-electron chi connectivity index (χ0n) is 8.13. The van der Waals surface area contributed by atoms with Crippen molar-refractivity contribution in [2.45, 2.75) is 13.8 Å². The summed E-state index contributed by atoms with van der Waals surface area (Å²) < 4.78 is 0. The van der Waals surface area contributed by atoms with E-state index in [0.29, 0.717) is 0 Å². The van der Waals surface area contributed by atoms with E-state index in [0.717, 1.165) is 16.8 Å². The highest BCUT2D eigenvalue weighted by molar-refractivity contribution is 6.00. The van der Waals surface area contributed by atoms with Crippen LogP contribution in [0.4, 0.5) is 0 Å². The van der Waals surface area contributed by atoms with E-state index < -0.39 is 0 Å². The third-order valence-electron chi connectivity index (χ3n) is 1.82. The molecule has 0 bridgehead atoms. The summed E-state index contributed by atoms with van der Waals surface area (Å²) >= 11 is 0. The number of nitrogens with zero attached hydrogens (tertiary/aromatic N) is 1. The summed E-state index contributed by atoms with van der Waals surface area (Å²) in [4.78, 5) is 0. The lowest BCUT2D eigenvalue weighted by molar-refractivity contribution is 0.473. The van der Waals surface area contributed by atoms with Crippen LogP contribution in [0.15, 0.2) is 23.3 Å². The molecule has 0 saturated heterocycles. The van der Waals surface area contributed by atoms with Crippen molar-refractivity contribution in [3.8, 4) is 5.75 Å². The number of rotatable bonds is 2. The van der Waals surface area contributed by atoms with Gasteiger partial charge in [-0.05, 0) is 31.5 Å². The molecule has 0 saturated carbocycles. The number of aryl methyl sites for hydroxylation is 1. The predicted octanol–water partition coefficient (Wildman–Crippen LogP) is 1.64. The van der Waals surface area contributed by atoms with Crippen LogP contribution < -0.4 is 5.43 Å². The van der Waals surface area contributed by atoms with Gasteiger partial charge >= 0.3 is 0 Å². The van der Waals surface area contributed by atoms with Gasteiger partial charge < -0.3 is 10.5 Å². The largest absolute Gasteiger partial charge is 0.507 e. The van der Waals surface area contributed by atoms with Gasteiger partial charge in [0.1, 0.15) is 5.75 Å². The lowest BCUT2D eigenvalue weighted by Crippen LogP contribution is -2.03. The van der Waals surface area contributed by atoms with E-state index in [9.17, 15) is 5.11 Å². The topological polar surface area (TPSA) is 44.6 Å². The minimum absolute atomic E-state index is 0.275. The van der Waals surface area contributed by atoms with Crippen molar-refractivity contribution in [2.75, 3.05) is 7.05 Å². The molecule has 0 aliphatic carbocycles. The van der Waals surface area contributed by atoms with E-state index in [1.807, 2.05) is 26.0 Å². The molecule has 0 aliphatic heterocycles. The Bertz CT molecular complexity index is 332. The molecule has 0 radical (unpaired) electrons. The lowest BCUT2D eigenvalue weighted by Gasteiger charge is -2.04. The fraction of sp³-hybridized carbons (Fsp3) is 0.300. The minimum atomic E-state index is 0.275. The van der Waals surface area contributed by atoms with E-state index in [1.54, 1.807) is 13.1 Å². The molecule has 0 amide bonds. The van der Waals surface area contributed by atoms with Crippen molar-refractivity contribution in [3.63, 3.8) is 0 Å². The van der Waals surface area contributed by atoms with E-state index >= 15 is 0 Å². The number of hydrazone groups is 1. The highest BCUT2D eigenvalue weighted by atomic mass is 16.3. The van der Waals surface area contributed by atoms with Gasteiger partial charge in [-0.15, -0.1) is 0 Å². The molecule has 1 rings (SSSR count). The fourth-order valence-corrected chi connectivity index (χ4v) is 1.18. The molecule has 0 spiro atoms. The van der Waals surface area contributed by atoms with Crippen molar-refractivity contribution in [1.82, 2.24) is 5.43 Å². The number of phenols is 1. The molecule has 70 valence electrons. The standard InChI is InChI=1S/C10H14N2O/c1-7-4-5-9(10(13)6-7)8(2)12-11-3/h4-6,11,13H,1-3H3/b12-8-. The van der Waals surface area contributed by atoms with Crippen LogP contribution in [-0.4, -0.2) is 17.9 Å². The Morgan fingerprint density at radius 1 is 1.46 bits per heavy atom. The highest BCUT2D eigenvalue weighted by Gasteiger charge is 2.03. The van der Waals surface area contributed by atoms with Crippen LogP contribution in [-0.2, 0) is 0 Å². The monoisotopic (exact) mass is 178 g/mol. The highest BCUT2D eigenvalue weighted by Crippen LogP contribution is 2.18. The predicted molar refractivity (Wildman–Crippen MR) is 54.1 cm³/mol. The van der Waals surface area contributed by atoms with Gasteiger partial charge in [0.05, 0.1) is 5.71 Å². The summed E-state index contributed by atoms with van der Waals surface area (Å²) in [7, 11) is 1.73. The normalized spacial score (nSPS) is 11.5. The maximum atomic E-state index is 9.58. The summed E-state index contributed by atoms with van der Waals surface area (Å²) in [5.74, 6) is 0.275. The van der Waals surface area contributed by atoms with Gasteiger partial charge in [-0.1, -0.05) is 6.07 Å². The van der Waals surface area contributed by atoms with Gasteiger partial charge in [-0.3, -0.25) is 0 Å². The van der Waals surface area contributed by atoms with E-state index in [-0.39, 0.29) is 5.75 Å². The first-order valence-electron chi connectivity index (χ1n) is 4.16. The molecule has 3 nitrogen and oxygen atoms in total. The van der Waals surface area contributed by atoms with Gasteiger partial charge in [0, 0.05) is 12.6 Å². The van der Waals surface area contributed by atoms with Crippen LogP contribution in [0.1, 0.15) is 18.1 Å². The number of nitrogens with one attached hydrogen (secondary N) is 1. The quantitative estimate of drug-likeness (QED) is 0.534. The maximum Gasteiger partial charge on any atom is 0.124 e.